The molecule has 0 aromatic rings. The second-order valence-corrected chi connectivity index (χ2v) is 4.20. The van der Waals surface area contributed by atoms with Crippen LogP contribution in [-0.4, -0.2) is 35.5 Å². The monoisotopic (exact) mass is 197 g/mol. The Morgan fingerprint density at radius 3 is 2.93 bits per heavy atom. The van der Waals surface area contributed by atoms with Crippen LogP contribution >= 0.6 is 0 Å². The zero-order valence-electron chi connectivity index (χ0n) is 8.53. The smallest absolute Gasteiger partial charge is 0.302 e. The van der Waals surface area contributed by atoms with Crippen LogP contribution in [0.3, 0.4) is 0 Å². The number of hydrogen-bond acceptors (Lipinski definition) is 3. The molecular weight excluding hydrogens is 182 g/mol. The third-order valence-corrected chi connectivity index (χ3v) is 3.16. The minimum atomic E-state index is -0.288. The SMILES string of the molecule is CC(=O)O[C@H]1CC(=O)N2CC[C@@H](C)[C@@H]12. The Labute approximate surface area is 83.2 Å². The van der Waals surface area contributed by atoms with E-state index in [0.717, 1.165) is 13.0 Å². The number of carbonyl (C=O) groups excluding carboxylic acids is 2. The Hall–Kier alpha value is -1.06. The van der Waals surface area contributed by atoms with E-state index in [2.05, 4.69) is 6.92 Å². The molecule has 0 radical (unpaired) electrons. The van der Waals surface area contributed by atoms with Crippen LogP contribution in [0, 0.1) is 5.92 Å². The number of esters is 1. The molecular formula is C10H15NO3. The summed E-state index contributed by atoms with van der Waals surface area (Å²) in [5.41, 5.74) is 0. The van der Waals surface area contributed by atoms with Gasteiger partial charge in [0.15, 0.2) is 0 Å². The fraction of sp³-hybridized carbons (Fsp3) is 0.800. The molecule has 2 rings (SSSR count). The number of fused-ring (bicyclic) bond motifs is 1. The number of carbonyl (C=O) groups is 2. The predicted octanol–water partition coefficient (Wildman–Crippen LogP) is 0.559. The van der Waals surface area contributed by atoms with Crippen LogP contribution in [0.5, 0.6) is 0 Å². The molecule has 0 unspecified atom stereocenters. The summed E-state index contributed by atoms with van der Waals surface area (Å²) in [5.74, 6) is 0.292. The van der Waals surface area contributed by atoms with Crippen LogP contribution in [0.25, 0.3) is 0 Å². The van der Waals surface area contributed by atoms with Gasteiger partial charge in [-0.05, 0) is 12.3 Å². The molecule has 4 nitrogen and oxygen atoms in total. The molecule has 0 bridgehead atoms. The average Bonchev–Trinajstić information content (AvgIpc) is 2.56. The van der Waals surface area contributed by atoms with Gasteiger partial charge in [-0.15, -0.1) is 0 Å². The number of nitrogens with zero attached hydrogens (tertiary/aromatic N) is 1. The molecule has 78 valence electrons. The van der Waals surface area contributed by atoms with E-state index >= 15 is 0 Å². The first-order chi connectivity index (χ1) is 6.59. The van der Waals surface area contributed by atoms with Gasteiger partial charge in [0, 0.05) is 13.5 Å². The molecule has 0 aromatic heterocycles. The minimum Gasteiger partial charge on any atom is -0.460 e. The topological polar surface area (TPSA) is 46.6 Å². The summed E-state index contributed by atoms with van der Waals surface area (Å²) in [7, 11) is 0. The van der Waals surface area contributed by atoms with E-state index in [9.17, 15) is 9.59 Å². The minimum absolute atomic E-state index is 0.130. The van der Waals surface area contributed by atoms with Crippen molar-refractivity contribution in [2.24, 2.45) is 5.92 Å². The van der Waals surface area contributed by atoms with Crippen LogP contribution in [0.15, 0.2) is 0 Å². The van der Waals surface area contributed by atoms with E-state index in [4.69, 9.17) is 4.74 Å². The van der Waals surface area contributed by atoms with Crippen molar-refractivity contribution in [1.82, 2.24) is 4.90 Å². The molecule has 1 amide bonds. The van der Waals surface area contributed by atoms with Crippen molar-refractivity contribution >= 4 is 11.9 Å². The van der Waals surface area contributed by atoms with E-state index in [1.54, 1.807) is 0 Å². The first kappa shape index (κ1) is 9.49. The van der Waals surface area contributed by atoms with Crippen LogP contribution in [0.4, 0.5) is 0 Å². The maximum absolute atomic E-state index is 11.5. The number of rotatable bonds is 1. The van der Waals surface area contributed by atoms with Crippen molar-refractivity contribution < 1.29 is 14.3 Å². The molecule has 2 aliphatic heterocycles. The van der Waals surface area contributed by atoms with Gasteiger partial charge in [0.2, 0.25) is 5.91 Å². The number of ether oxygens (including phenoxy) is 1. The van der Waals surface area contributed by atoms with Crippen molar-refractivity contribution in [3.05, 3.63) is 0 Å². The van der Waals surface area contributed by atoms with Crippen LogP contribution in [-0.2, 0) is 14.3 Å². The lowest BCUT2D eigenvalue weighted by molar-refractivity contribution is -0.147. The molecule has 0 spiro atoms. The van der Waals surface area contributed by atoms with E-state index in [1.807, 2.05) is 4.90 Å². The predicted molar refractivity (Wildman–Crippen MR) is 49.5 cm³/mol. The van der Waals surface area contributed by atoms with Crippen molar-refractivity contribution in [2.75, 3.05) is 6.54 Å². The van der Waals surface area contributed by atoms with E-state index in [1.165, 1.54) is 6.92 Å². The first-order valence-corrected chi connectivity index (χ1v) is 5.06. The van der Waals surface area contributed by atoms with E-state index in [0.29, 0.717) is 12.3 Å². The van der Waals surface area contributed by atoms with E-state index in [-0.39, 0.29) is 24.0 Å². The third-order valence-electron chi connectivity index (χ3n) is 3.16. The Morgan fingerprint density at radius 2 is 2.29 bits per heavy atom. The van der Waals surface area contributed by atoms with Crippen LogP contribution < -0.4 is 0 Å². The van der Waals surface area contributed by atoms with Gasteiger partial charge in [0.25, 0.3) is 0 Å². The lowest BCUT2D eigenvalue weighted by atomic mass is 9.98. The molecule has 2 aliphatic rings. The second-order valence-electron chi connectivity index (χ2n) is 4.20. The number of amides is 1. The van der Waals surface area contributed by atoms with Crippen molar-refractivity contribution in [3.63, 3.8) is 0 Å². The summed E-state index contributed by atoms with van der Waals surface area (Å²) in [4.78, 5) is 24.2. The zero-order valence-corrected chi connectivity index (χ0v) is 8.53. The summed E-state index contributed by atoms with van der Waals surface area (Å²) < 4.78 is 5.16. The van der Waals surface area contributed by atoms with Gasteiger partial charge in [-0.2, -0.15) is 0 Å². The van der Waals surface area contributed by atoms with Gasteiger partial charge in [-0.25, -0.2) is 0 Å². The highest BCUT2D eigenvalue weighted by Crippen LogP contribution is 2.35. The summed E-state index contributed by atoms with van der Waals surface area (Å²) in [5, 5.41) is 0. The van der Waals surface area contributed by atoms with Gasteiger partial charge in [-0.3, -0.25) is 9.59 Å². The van der Waals surface area contributed by atoms with Crippen LogP contribution in [0.1, 0.15) is 26.7 Å². The molecule has 0 saturated carbocycles. The fourth-order valence-electron chi connectivity index (χ4n) is 2.56. The standard InChI is InChI=1S/C10H15NO3/c1-6-3-4-11-9(13)5-8(10(6)11)14-7(2)12/h6,8,10H,3-5H2,1-2H3/t6-,8+,10+/m1/s1. The maximum atomic E-state index is 11.5. The highest BCUT2D eigenvalue weighted by Gasteiger charge is 2.47. The van der Waals surface area contributed by atoms with Gasteiger partial charge < -0.3 is 9.64 Å². The maximum Gasteiger partial charge on any atom is 0.302 e. The van der Waals surface area contributed by atoms with Crippen molar-refractivity contribution in [3.8, 4) is 0 Å². The van der Waals surface area contributed by atoms with Gasteiger partial charge >= 0.3 is 5.97 Å². The summed E-state index contributed by atoms with van der Waals surface area (Å²) in [6.45, 7) is 4.33. The third kappa shape index (κ3) is 1.38. The Balaban J connectivity index is 2.12. The summed E-state index contributed by atoms with van der Waals surface area (Å²) in [6, 6.07) is 0.131. The fourth-order valence-corrected chi connectivity index (χ4v) is 2.56. The highest BCUT2D eigenvalue weighted by atomic mass is 16.5. The largest absolute Gasteiger partial charge is 0.460 e. The van der Waals surface area contributed by atoms with Gasteiger partial charge in [-0.1, -0.05) is 6.92 Å². The molecule has 3 atom stereocenters. The Morgan fingerprint density at radius 1 is 1.57 bits per heavy atom. The van der Waals surface area contributed by atoms with Gasteiger partial charge in [0.1, 0.15) is 6.10 Å². The molecule has 2 fully saturated rings. The van der Waals surface area contributed by atoms with Crippen molar-refractivity contribution in [2.45, 2.75) is 38.8 Å². The summed E-state index contributed by atoms with van der Waals surface area (Å²) >= 11 is 0. The highest BCUT2D eigenvalue weighted by molar-refractivity contribution is 5.81. The van der Waals surface area contributed by atoms with Crippen LogP contribution in [0.2, 0.25) is 0 Å². The van der Waals surface area contributed by atoms with Gasteiger partial charge in [0.05, 0.1) is 12.5 Å². The number of hydrogen-bond donors (Lipinski definition) is 0. The molecule has 0 aromatic carbocycles. The zero-order chi connectivity index (χ0) is 10.3. The Kier molecular flexibility index (Phi) is 2.21. The van der Waals surface area contributed by atoms with E-state index < -0.39 is 0 Å². The molecule has 2 heterocycles. The first-order valence-electron chi connectivity index (χ1n) is 5.06. The molecule has 2 saturated heterocycles. The normalized spacial score (nSPS) is 36.0. The summed E-state index contributed by atoms with van der Waals surface area (Å²) in [6.07, 6.45) is 1.18. The average molecular weight is 197 g/mol. The lowest BCUT2D eigenvalue weighted by Gasteiger charge is -2.22. The Bertz CT molecular complexity index is 275. The molecule has 4 heteroatoms. The molecule has 0 N–H and O–H groups in total. The molecule has 14 heavy (non-hydrogen) atoms. The lowest BCUT2D eigenvalue weighted by Crippen LogP contribution is -2.36. The molecule has 0 aliphatic carbocycles. The quantitative estimate of drug-likeness (QED) is 0.577. The second kappa shape index (κ2) is 3.26. The van der Waals surface area contributed by atoms with Crippen molar-refractivity contribution in [1.29, 1.82) is 0 Å².